The van der Waals surface area contributed by atoms with Crippen LogP contribution in [0.15, 0.2) is 66.7 Å². The summed E-state index contributed by atoms with van der Waals surface area (Å²) >= 11 is 0. The molecule has 3 rings (SSSR count). The van der Waals surface area contributed by atoms with Crippen LogP contribution in [-0.4, -0.2) is 5.91 Å². The highest BCUT2D eigenvalue weighted by atomic mass is 19.2. The first-order chi connectivity index (χ1) is 12.0. The van der Waals surface area contributed by atoms with Gasteiger partial charge in [-0.3, -0.25) is 4.79 Å². The van der Waals surface area contributed by atoms with E-state index in [2.05, 4.69) is 10.6 Å². The fourth-order valence-corrected chi connectivity index (χ4v) is 2.20. The lowest BCUT2D eigenvalue weighted by atomic mass is 10.2. The van der Waals surface area contributed by atoms with Crippen LogP contribution in [0.4, 0.5) is 30.2 Å². The first kappa shape index (κ1) is 16.6. The van der Waals surface area contributed by atoms with Gasteiger partial charge < -0.3 is 10.6 Å². The zero-order chi connectivity index (χ0) is 17.8. The zero-order valence-electron chi connectivity index (χ0n) is 12.9. The monoisotopic (exact) mass is 342 g/mol. The number of nitrogens with one attached hydrogen (secondary N) is 2. The van der Waals surface area contributed by atoms with Crippen LogP contribution in [0.3, 0.4) is 0 Å². The second kappa shape index (κ2) is 7.09. The van der Waals surface area contributed by atoms with Gasteiger partial charge in [0.2, 0.25) is 0 Å². The molecule has 3 aromatic carbocycles. The van der Waals surface area contributed by atoms with Crippen molar-refractivity contribution in [2.24, 2.45) is 0 Å². The van der Waals surface area contributed by atoms with Gasteiger partial charge in [0.1, 0.15) is 5.82 Å². The Morgan fingerprint density at radius 1 is 0.720 bits per heavy atom. The van der Waals surface area contributed by atoms with Crippen LogP contribution in [0.25, 0.3) is 0 Å². The van der Waals surface area contributed by atoms with E-state index in [9.17, 15) is 18.0 Å². The summed E-state index contributed by atoms with van der Waals surface area (Å²) in [6.45, 7) is 0. The molecule has 126 valence electrons. The van der Waals surface area contributed by atoms with Gasteiger partial charge in [-0.05, 0) is 54.6 Å². The molecule has 0 bridgehead atoms. The van der Waals surface area contributed by atoms with Crippen LogP contribution < -0.4 is 10.6 Å². The molecule has 0 aliphatic rings. The fraction of sp³-hybridized carbons (Fsp3) is 0. The van der Waals surface area contributed by atoms with E-state index in [0.717, 1.165) is 12.1 Å². The number of rotatable bonds is 4. The molecule has 0 radical (unpaired) electrons. The third-order valence-corrected chi connectivity index (χ3v) is 3.48. The molecule has 0 aromatic heterocycles. The topological polar surface area (TPSA) is 41.1 Å². The molecule has 0 heterocycles. The van der Waals surface area contributed by atoms with Crippen LogP contribution in [0.5, 0.6) is 0 Å². The number of amides is 1. The third kappa shape index (κ3) is 3.98. The fourth-order valence-electron chi connectivity index (χ4n) is 2.20. The molecule has 0 aliphatic carbocycles. The highest BCUT2D eigenvalue weighted by Crippen LogP contribution is 2.21. The largest absolute Gasteiger partial charge is 0.353 e. The number of hydrogen-bond acceptors (Lipinski definition) is 2. The van der Waals surface area contributed by atoms with Crippen molar-refractivity contribution in [2.75, 3.05) is 10.6 Å². The molecular formula is C19H13F3N2O. The Morgan fingerprint density at radius 2 is 1.40 bits per heavy atom. The number of carbonyl (C=O) groups excluding carboxylic acids is 1. The Balaban J connectivity index is 1.69. The summed E-state index contributed by atoms with van der Waals surface area (Å²) in [6.07, 6.45) is 0. The van der Waals surface area contributed by atoms with E-state index in [1.165, 1.54) is 12.1 Å². The predicted molar refractivity (Wildman–Crippen MR) is 90.4 cm³/mol. The maximum atomic E-state index is 13.6. The summed E-state index contributed by atoms with van der Waals surface area (Å²) in [5.41, 5.74) is 1.44. The summed E-state index contributed by atoms with van der Waals surface area (Å²) in [4.78, 5) is 12.0. The van der Waals surface area contributed by atoms with Crippen LogP contribution in [0.1, 0.15) is 10.4 Å². The Morgan fingerprint density at radius 3 is 2.08 bits per heavy atom. The molecule has 0 aliphatic heterocycles. The van der Waals surface area contributed by atoms with Gasteiger partial charge in [0.15, 0.2) is 11.6 Å². The molecule has 2 N–H and O–H groups in total. The Kier molecular flexibility index (Phi) is 4.70. The third-order valence-electron chi connectivity index (χ3n) is 3.48. The van der Waals surface area contributed by atoms with E-state index in [4.69, 9.17) is 0 Å². The molecular weight excluding hydrogens is 329 g/mol. The van der Waals surface area contributed by atoms with Crippen LogP contribution >= 0.6 is 0 Å². The Labute approximate surface area is 142 Å². The summed E-state index contributed by atoms with van der Waals surface area (Å²) < 4.78 is 39.7. The zero-order valence-corrected chi connectivity index (χ0v) is 12.9. The van der Waals surface area contributed by atoms with Crippen LogP contribution in [0, 0.1) is 17.5 Å². The van der Waals surface area contributed by atoms with Gasteiger partial charge in [-0.25, -0.2) is 13.2 Å². The minimum absolute atomic E-state index is 0.00691. The van der Waals surface area contributed by atoms with Gasteiger partial charge in [0, 0.05) is 16.9 Å². The number of carbonyl (C=O) groups is 1. The standard InChI is InChI=1S/C19H13F3N2O/c20-15-10-5-12(11-17(15)22)19(25)24-14-8-6-13(7-9-14)23-18-4-2-1-3-16(18)21/h1-11,23H,(H,24,25). The van der Waals surface area contributed by atoms with Gasteiger partial charge in [-0.2, -0.15) is 0 Å². The molecule has 3 aromatic rings. The quantitative estimate of drug-likeness (QED) is 0.692. The first-order valence-corrected chi connectivity index (χ1v) is 7.41. The van der Waals surface area contributed by atoms with E-state index >= 15 is 0 Å². The van der Waals surface area contributed by atoms with Gasteiger partial charge in [-0.1, -0.05) is 12.1 Å². The highest BCUT2D eigenvalue weighted by Gasteiger charge is 2.10. The average molecular weight is 342 g/mol. The van der Waals surface area contributed by atoms with Crippen molar-refractivity contribution in [2.45, 2.75) is 0 Å². The molecule has 1 amide bonds. The Hall–Kier alpha value is -3.28. The molecule has 0 spiro atoms. The second-order valence-electron chi connectivity index (χ2n) is 5.27. The summed E-state index contributed by atoms with van der Waals surface area (Å²) in [7, 11) is 0. The number of para-hydroxylation sites is 1. The van der Waals surface area contributed by atoms with Crippen molar-refractivity contribution < 1.29 is 18.0 Å². The smallest absolute Gasteiger partial charge is 0.255 e. The molecule has 0 saturated carbocycles. The first-order valence-electron chi connectivity index (χ1n) is 7.41. The lowest BCUT2D eigenvalue weighted by molar-refractivity contribution is 0.102. The Bertz CT molecular complexity index is 911. The molecule has 0 saturated heterocycles. The minimum atomic E-state index is -1.09. The van der Waals surface area contributed by atoms with Crippen molar-refractivity contribution in [1.82, 2.24) is 0 Å². The summed E-state index contributed by atoms with van der Waals surface area (Å²) in [5, 5.41) is 5.50. The van der Waals surface area contributed by atoms with E-state index in [-0.39, 0.29) is 11.4 Å². The van der Waals surface area contributed by atoms with Crippen molar-refractivity contribution >= 4 is 23.0 Å². The van der Waals surface area contributed by atoms with E-state index in [1.54, 1.807) is 42.5 Å². The maximum Gasteiger partial charge on any atom is 0.255 e. The minimum Gasteiger partial charge on any atom is -0.353 e. The number of benzene rings is 3. The van der Waals surface area contributed by atoms with E-state index in [1.807, 2.05) is 0 Å². The van der Waals surface area contributed by atoms with Gasteiger partial charge in [0.05, 0.1) is 5.69 Å². The normalized spacial score (nSPS) is 10.4. The van der Waals surface area contributed by atoms with Gasteiger partial charge >= 0.3 is 0 Å². The molecule has 3 nitrogen and oxygen atoms in total. The second-order valence-corrected chi connectivity index (χ2v) is 5.27. The number of anilines is 3. The van der Waals surface area contributed by atoms with Gasteiger partial charge in [0.25, 0.3) is 5.91 Å². The van der Waals surface area contributed by atoms with E-state index < -0.39 is 17.5 Å². The molecule has 6 heteroatoms. The predicted octanol–water partition coefficient (Wildman–Crippen LogP) is 5.10. The maximum absolute atomic E-state index is 13.6. The average Bonchev–Trinajstić information content (AvgIpc) is 2.61. The molecule has 0 atom stereocenters. The lowest BCUT2D eigenvalue weighted by Crippen LogP contribution is -2.12. The van der Waals surface area contributed by atoms with Crippen molar-refractivity contribution in [1.29, 1.82) is 0 Å². The summed E-state index contributed by atoms with van der Waals surface area (Å²) in [5.74, 6) is -3.04. The van der Waals surface area contributed by atoms with Crippen LogP contribution in [0.2, 0.25) is 0 Å². The van der Waals surface area contributed by atoms with E-state index in [0.29, 0.717) is 17.1 Å². The summed E-state index contributed by atoms with van der Waals surface area (Å²) in [6, 6.07) is 15.7. The SMILES string of the molecule is O=C(Nc1ccc(Nc2ccccc2F)cc1)c1ccc(F)c(F)c1. The number of hydrogen-bond donors (Lipinski definition) is 2. The van der Waals surface area contributed by atoms with Gasteiger partial charge in [-0.15, -0.1) is 0 Å². The molecule has 25 heavy (non-hydrogen) atoms. The van der Waals surface area contributed by atoms with Crippen LogP contribution in [-0.2, 0) is 0 Å². The highest BCUT2D eigenvalue weighted by molar-refractivity contribution is 6.04. The molecule has 0 unspecified atom stereocenters. The molecule has 0 fully saturated rings. The van der Waals surface area contributed by atoms with Crippen molar-refractivity contribution in [3.8, 4) is 0 Å². The lowest BCUT2D eigenvalue weighted by Gasteiger charge is -2.09. The van der Waals surface area contributed by atoms with Crippen molar-refractivity contribution in [3.05, 3.63) is 89.7 Å². The van der Waals surface area contributed by atoms with Crippen molar-refractivity contribution in [3.63, 3.8) is 0 Å². The number of halogens is 3.